The molecule has 0 radical (unpaired) electrons. The third-order valence-electron chi connectivity index (χ3n) is 5.46. The third kappa shape index (κ3) is 1.64. The number of fused-ring (bicyclic) bond motifs is 3. The molecule has 1 spiro atoms. The van der Waals surface area contributed by atoms with Gasteiger partial charge >= 0.3 is 0 Å². The van der Waals surface area contributed by atoms with Gasteiger partial charge in [0.15, 0.2) is 0 Å². The second-order valence-corrected chi connectivity index (χ2v) is 6.90. The fourth-order valence-electron chi connectivity index (χ4n) is 4.60. The average molecular weight is 331 g/mol. The van der Waals surface area contributed by atoms with E-state index < -0.39 is 5.54 Å². The van der Waals surface area contributed by atoms with E-state index in [0.29, 0.717) is 17.7 Å². The van der Waals surface area contributed by atoms with Crippen molar-refractivity contribution < 1.29 is 14.6 Å². The quantitative estimate of drug-likeness (QED) is 0.718. The van der Waals surface area contributed by atoms with Crippen LogP contribution in [0.5, 0.6) is 11.5 Å². The first-order valence-electron chi connectivity index (χ1n) is 8.31. The molecule has 25 heavy (non-hydrogen) atoms. The maximum absolute atomic E-state index is 12.8. The minimum atomic E-state index is -0.735. The number of rotatable bonds is 1. The molecule has 1 aliphatic carbocycles. The highest BCUT2D eigenvalue weighted by molar-refractivity contribution is 6.06. The van der Waals surface area contributed by atoms with E-state index in [1.165, 1.54) is 5.56 Å². The minimum Gasteiger partial charge on any atom is -0.508 e. The second kappa shape index (κ2) is 4.54. The number of aryl methyl sites for hydroxylation is 1. The number of carbonyl (C=O) groups is 1. The van der Waals surface area contributed by atoms with Crippen LogP contribution in [0.4, 0.5) is 0 Å². The van der Waals surface area contributed by atoms with Crippen LogP contribution in [-0.2, 0) is 12.0 Å². The molecule has 0 unspecified atom stereocenters. The van der Waals surface area contributed by atoms with Crippen LogP contribution in [0.3, 0.4) is 0 Å². The molecule has 0 fully saturated rings. The summed E-state index contributed by atoms with van der Waals surface area (Å²) in [5, 5.41) is 16.0. The number of aromatic hydroxyl groups is 1. The van der Waals surface area contributed by atoms with Crippen molar-refractivity contribution in [2.24, 2.45) is 0 Å². The van der Waals surface area contributed by atoms with Crippen LogP contribution in [-0.4, -0.2) is 18.1 Å². The van der Waals surface area contributed by atoms with Gasteiger partial charge in [-0.2, -0.15) is 0 Å². The highest BCUT2D eigenvalue weighted by atomic mass is 16.5. The molecule has 1 heterocycles. The Morgan fingerprint density at radius 2 is 2.04 bits per heavy atom. The zero-order valence-electron chi connectivity index (χ0n) is 14.0. The Bertz CT molecular complexity index is 1090. The van der Waals surface area contributed by atoms with Gasteiger partial charge in [0.05, 0.1) is 18.2 Å². The lowest BCUT2D eigenvalue weighted by atomic mass is 9.83. The standard InChI is InChI=1S/C21H17NO3/c1-11-8-12-6-7-15(23)19-17(12)13(9-11)10-21(19)14-4-3-5-16(25-2)18(14)20(24)22-21/h3-9,23H,10H2,1-2H3,(H,22,24)/t21-/m0/s1. The summed E-state index contributed by atoms with van der Waals surface area (Å²) in [6.07, 6.45) is 0.629. The zero-order chi connectivity index (χ0) is 17.3. The van der Waals surface area contributed by atoms with Gasteiger partial charge in [0.25, 0.3) is 5.91 Å². The first-order valence-corrected chi connectivity index (χ1v) is 8.31. The van der Waals surface area contributed by atoms with E-state index in [-0.39, 0.29) is 11.7 Å². The smallest absolute Gasteiger partial charge is 0.256 e. The van der Waals surface area contributed by atoms with Crippen LogP contribution in [0.2, 0.25) is 0 Å². The first-order chi connectivity index (χ1) is 12.0. The summed E-state index contributed by atoms with van der Waals surface area (Å²) < 4.78 is 5.41. The zero-order valence-corrected chi connectivity index (χ0v) is 14.0. The molecule has 3 aromatic carbocycles. The SMILES string of the molecule is COc1cccc2c1C(=O)N[C@@]21Cc2cc(C)cc3ccc(O)c1c23. The van der Waals surface area contributed by atoms with Crippen molar-refractivity contribution in [3.8, 4) is 11.5 Å². The minimum absolute atomic E-state index is 0.159. The Kier molecular flexibility index (Phi) is 2.60. The van der Waals surface area contributed by atoms with Crippen LogP contribution in [0, 0.1) is 6.92 Å². The Hall–Kier alpha value is -3.01. The molecule has 4 nitrogen and oxygen atoms in total. The van der Waals surface area contributed by atoms with Crippen LogP contribution in [0.15, 0.2) is 42.5 Å². The summed E-state index contributed by atoms with van der Waals surface area (Å²) >= 11 is 0. The molecule has 1 aliphatic heterocycles. The Morgan fingerprint density at radius 3 is 2.84 bits per heavy atom. The van der Waals surface area contributed by atoms with E-state index in [0.717, 1.165) is 27.5 Å². The number of phenols is 1. The predicted molar refractivity (Wildman–Crippen MR) is 95.3 cm³/mol. The summed E-state index contributed by atoms with van der Waals surface area (Å²) in [6, 6.07) is 13.6. The summed E-state index contributed by atoms with van der Waals surface area (Å²) in [7, 11) is 1.57. The maximum Gasteiger partial charge on any atom is 0.256 e. The largest absolute Gasteiger partial charge is 0.508 e. The van der Waals surface area contributed by atoms with Crippen molar-refractivity contribution in [1.82, 2.24) is 5.32 Å². The van der Waals surface area contributed by atoms with Crippen LogP contribution in [0.25, 0.3) is 10.8 Å². The highest BCUT2D eigenvalue weighted by Gasteiger charge is 2.51. The number of ether oxygens (including phenoxy) is 1. The lowest BCUT2D eigenvalue weighted by molar-refractivity contribution is 0.0939. The van der Waals surface area contributed by atoms with Gasteiger partial charge in [-0.15, -0.1) is 0 Å². The number of hydrogen-bond acceptors (Lipinski definition) is 3. The molecule has 4 heteroatoms. The van der Waals surface area contributed by atoms with Crippen LogP contribution < -0.4 is 10.1 Å². The summed E-state index contributed by atoms with van der Waals surface area (Å²) in [5.74, 6) is 0.616. The van der Waals surface area contributed by atoms with E-state index in [9.17, 15) is 9.90 Å². The first kappa shape index (κ1) is 14.3. The van der Waals surface area contributed by atoms with Gasteiger partial charge in [-0.25, -0.2) is 0 Å². The molecular weight excluding hydrogens is 314 g/mol. The lowest BCUT2D eigenvalue weighted by Gasteiger charge is -2.27. The fourth-order valence-corrected chi connectivity index (χ4v) is 4.60. The number of carbonyl (C=O) groups excluding carboxylic acids is 1. The van der Waals surface area contributed by atoms with Gasteiger partial charge in [-0.1, -0.05) is 35.9 Å². The van der Waals surface area contributed by atoms with Gasteiger partial charge in [-0.05, 0) is 41.0 Å². The fraction of sp³-hybridized carbons (Fsp3) is 0.190. The molecular formula is C21H17NO3. The van der Waals surface area contributed by atoms with Gasteiger partial charge in [0.2, 0.25) is 0 Å². The van der Waals surface area contributed by atoms with E-state index >= 15 is 0 Å². The number of phenolic OH excluding ortho intramolecular Hbond substituents is 1. The molecule has 3 aromatic rings. The lowest BCUT2D eigenvalue weighted by Crippen LogP contribution is -2.40. The average Bonchev–Trinajstić information content (AvgIpc) is 3.07. The Balaban J connectivity index is 1.89. The predicted octanol–water partition coefficient (Wildman–Crippen LogP) is 3.41. The van der Waals surface area contributed by atoms with Crippen LogP contribution >= 0.6 is 0 Å². The van der Waals surface area contributed by atoms with Crippen molar-refractivity contribution in [1.29, 1.82) is 0 Å². The van der Waals surface area contributed by atoms with E-state index in [2.05, 4.69) is 24.4 Å². The molecule has 1 atom stereocenters. The Labute approximate surface area is 145 Å². The van der Waals surface area contributed by atoms with Crippen molar-refractivity contribution in [2.75, 3.05) is 7.11 Å². The number of amides is 1. The highest BCUT2D eigenvalue weighted by Crippen LogP contribution is 2.53. The maximum atomic E-state index is 12.8. The molecule has 5 rings (SSSR count). The van der Waals surface area contributed by atoms with E-state index in [4.69, 9.17) is 4.74 Å². The van der Waals surface area contributed by atoms with Gasteiger partial charge < -0.3 is 15.2 Å². The van der Waals surface area contributed by atoms with Gasteiger partial charge in [0.1, 0.15) is 11.5 Å². The monoisotopic (exact) mass is 331 g/mol. The number of hydrogen-bond donors (Lipinski definition) is 2. The second-order valence-electron chi connectivity index (χ2n) is 6.90. The molecule has 2 aliphatic rings. The van der Waals surface area contributed by atoms with Crippen molar-refractivity contribution in [3.05, 3.63) is 70.3 Å². The van der Waals surface area contributed by atoms with Crippen molar-refractivity contribution in [2.45, 2.75) is 18.9 Å². The Morgan fingerprint density at radius 1 is 1.20 bits per heavy atom. The normalized spacial score (nSPS) is 20.2. The molecule has 124 valence electrons. The molecule has 1 amide bonds. The summed E-state index contributed by atoms with van der Waals surface area (Å²) in [6.45, 7) is 2.07. The summed E-state index contributed by atoms with van der Waals surface area (Å²) in [5.41, 5.74) is 3.81. The summed E-state index contributed by atoms with van der Waals surface area (Å²) in [4.78, 5) is 12.8. The molecule has 0 aromatic heterocycles. The molecule has 0 saturated carbocycles. The number of benzene rings is 3. The van der Waals surface area contributed by atoms with E-state index in [1.54, 1.807) is 19.2 Å². The van der Waals surface area contributed by atoms with Gasteiger partial charge in [0, 0.05) is 12.0 Å². The third-order valence-corrected chi connectivity index (χ3v) is 5.46. The van der Waals surface area contributed by atoms with Crippen LogP contribution in [0.1, 0.15) is 32.6 Å². The molecule has 0 bridgehead atoms. The molecule has 2 N–H and O–H groups in total. The van der Waals surface area contributed by atoms with E-state index in [1.807, 2.05) is 18.2 Å². The topological polar surface area (TPSA) is 58.6 Å². The number of nitrogens with one attached hydrogen (secondary N) is 1. The van der Waals surface area contributed by atoms with Crippen molar-refractivity contribution >= 4 is 16.7 Å². The van der Waals surface area contributed by atoms with Gasteiger partial charge in [-0.3, -0.25) is 4.79 Å². The van der Waals surface area contributed by atoms with Crippen molar-refractivity contribution in [3.63, 3.8) is 0 Å². The number of methoxy groups -OCH3 is 1. The molecule has 0 saturated heterocycles.